The van der Waals surface area contributed by atoms with E-state index in [1.807, 2.05) is 24.0 Å². The van der Waals surface area contributed by atoms with Crippen LogP contribution in [0.15, 0.2) is 24.3 Å². The Labute approximate surface area is 170 Å². The van der Waals surface area contributed by atoms with E-state index in [0.717, 1.165) is 35.7 Å². The van der Waals surface area contributed by atoms with Crippen molar-refractivity contribution in [2.45, 2.75) is 32.1 Å². The van der Waals surface area contributed by atoms with Crippen LogP contribution in [-0.2, 0) is 16.0 Å². The number of benzene rings is 1. The number of aryl methyl sites for hydroxylation is 1. The highest BCUT2D eigenvalue weighted by Gasteiger charge is 2.30. The Kier molecular flexibility index (Phi) is 5.76. The van der Waals surface area contributed by atoms with Crippen molar-refractivity contribution in [2.24, 2.45) is 0 Å². The number of carbonyl (C=O) groups is 1. The summed E-state index contributed by atoms with van der Waals surface area (Å²) in [5.41, 5.74) is 2.53. The minimum absolute atomic E-state index is 0.0104. The number of hydrogen-bond acceptors (Lipinski definition) is 5. The molecular formula is C22H27FN4O2. The lowest BCUT2D eigenvalue weighted by molar-refractivity contribution is -0.135. The minimum atomic E-state index is -0.209. The first-order valence-corrected chi connectivity index (χ1v) is 10.2. The van der Waals surface area contributed by atoms with Crippen molar-refractivity contribution in [3.63, 3.8) is 0 Å². The molecule has 1 aliphatic carbocycles. The first-order valence-electron chi connectivity index (χ1n) is 10.2. The van der Waals surface area contributed by atoms with Gasteiger partial charge in [-0.25, -0.2) is 14.4 Å². The highest BCUT2D eigenvalue weighted by molar-refractivity contribution is 5.77. The number of halogens is 1. The Morgan fingerprint density at radius 3 is 2.55 bits per heavy atom. The summed E-state index contributed by atoms with van der Waals surface area (Å²) in [7, 11) is 1.53. The van der Waals surface area contributed by atoms with Gasteiger partial charge in [-0.2, -0.15) is 0 Å². The largest absolute Gasteiger partial charge is 0.375 e. The fourth-order valence-electron chi connectivity index (χ4n) is 3.81. The zero-order chi connectivity index (χ0) is 20.4. The number of methoxy groups -OCH3 is 1. The number of hydrogen-bond donors (Lipinski definition) is 0. The monoisotopic (exact) mass is 398 g/mol. The van der Waals surface area contributed by atoms with Crippen molar-refractivity contribution >= 4 is 11.7 Å². The third-order valence-electron chi connectivity index (χ3n) is 5.68. The van der Waals surface area contributed by atoms with Crippen molar-refractivity contribution in [2.75, 3.05) is 44.8 Å². The Morgan fingerprint density at radius 2 is 1.90 bits per heavy atom. The Bertz CT molecular complexity index is 892. The van der Waals surface area contributed by atoms with Crippen LogP contribution in [0.2, 0.25) is 0 Å². The molecule has 1 amide bonds. The highest BCUT2D eigenvalue weighted by Crippen LogP contribution is 2.39. The molecule has 1 saturated carbocycles. The quantitative estimate of drug-likeness (QED) is 0.749. The lowest BCUT2D eigenvalue weighted by Crippen LogP contribution is -2.50. The Morgan fingerprint density at radius 1 is 1.17 bits per heavy atom. The van der Waals surface area contributed by atoms with Crippen LogP contribution in [0.5, 0.6) is 0 Å². The van der Waals surface area contributed by atoms with Gasteiger partial charge in [0.25, 0.3) is 0 Å². The average Bonchev–Trinajstić information content (AvgIpc) is 3.56. The summed E-state index contributed by atoms with van der Waals surface area (Å²) in [6, 6.07) is 6.86. The molecule has 2 aromatic rings. The molecule has 2 heterocycles. The van der Waals surface area contributed by atoms with Crippen molar-refractivity contribution in [1.29, 1.82) is 0 Å². The van der Waals surface area contributed by atoms with Gasteiger partial charge in [0.1, 0.15) is 24.1 Å². The van der Waals surface area contributed by atoms with E-state index in [0.29, 0.717) is 44.1 Å². The van der Waals surface area contributed by atoms with Gasteiger partial charge in [0.05, 0.1) is 0 Å². The summed E-state index contributed by atoms with van der Waals surface area (Å²) >= 11 is 0. The number of amides is 1. The molecule has 2 aliphatic rings. The van der Waals surface area contributed by atoms with Crippen molar-refractivity contribution in [1.82, 2.24) is 14.9 Å². The van der Waals surface area contributed by atoms with E-state index in [1.54, 1.807) is 6.07 Å². The molecular weight excluding hydrogens is 371 g/mol. The van der Waals surface area contributed by atoms with Gasteiger partial charge < -0.3 is 14.5 Å². The predicted octanol–water partition coefficient (Wildman–Crippen LogP) is 2.69. The summed E-state index contributed by atoms with van der Waals surface area (Å²) in [6.45, 7) is 4.75. The standard InChI is InChI=1S/C22H27FN4O2/c1-15-18(13-17-5-3-4-6-19(17)23)22(25-21(24-15)16-7-8-16)27-11-9-26(10-12-27)20(28)14-29-2/h3-6,16H,7-14H2,1-2H3. The van der Waals surface area contributed by atoms with Crippen LogP contribution in [0.25, 0.3) is 0 Å². The van der Waals surface area contributed by atoms with Crippen LogP contribution < -0.4 is 4.90 Å². The van der Waals surface area contributed by atoms with E-state index >= 15 is 0 Å². The Hall–Kier alpha value is -2.54. The number of aromatic nitrogens is 2. The molecule has 0 bridgehead atoms. The van der Waals surface area contributed by atoms with Crippen LogP contribution in [0.1, 0.15) is 41.4 Å². The molecule has 0 N–H and O–H groups in total. The molecule has 1 aromatic heterocycles. The van der Waals surface area contributed by atoms with E-state index in [2.05, 4.69) is 4.90 Å². The second-order valence-electron chi connectivity index (χ2n) is 7.81. The van der Waals surface area contributed by atoms with Gasteiger partial charge in [-0.05, 0) is 31.4 Å². The van der Waals surface area contributed by atoms with Crippen LogP contribution >= 0.6 is 0 Å². The van der Waals surface area contributed by atoms with Gasteiger partial charge >= 0.3 is 0 Å². The van der Waals surface area contributed by atoms with Crippen LogP contribution in [0.3, 0.4) is 0 Å². The van der Waals surface area contributed by atoms with Gasteiger partial charge in [0.15, 0.2) is 0 Å². The fourth-order valence-corrected chi connectivity index (χ4v) is 3.81. The molecule has 0 radical (unpaired) electrons. The predicted molar refractivity (Wildman–Crippen MR) is 109 cm³/mol. The number of nitrogens with zero attached hydrogens (tertiary/aromatic N) is 4. The second kappa shape index (κ2) is 8.45. The topological polar surface area (TPSA) is 58.6 Å². The molecule has 0 spiro atoms. The summed E-state index contributed by atoms with van der Waals surface area (Å²) in [4.78, 5) is 25.8. The minimum Gasteiger partial charge on any atom is -0.375 e. The number of rotatable bonds is 6. The number of ether oxygens (including phenoxy) is 1. The molecule has 1 saturated heterocycles. The van der Waals surface area contributed by atoms with E-state index in [4.69, 9.17) is 14.7 Å². The Balaban J connectivity index is 1.61. The summed E-state index contributed by atoms with van der Waals surface area (Å²) in [5, 5.41) is 0. The van der Waals surface area contributed by atoms with Gasteiger partial charge in [0.2, 0.25) is 5.91 Å². The molecule has 2 fully saturated rings. The van der Waals surface area contributed by atoms with E-state index in [9.17, 15) is 9.18 Å². The van der Waals surface area contributed by atoms with E-state index in [1.165, 1.54) is 13.2 Å². The smallest absolute Gasteiger partial charge is 0.248 e. The molecule has 1 aliphatic heterocycles. The molecule has 4 rings (SSSR count). The van der Waals surface area contributed by atoms with Crippen molar-refractivity contribution in [3.05, 3.63) is 52.7 Å². The SMILES string of the molecule is COCC(=O)N1CCN(c2nc(C3CC3)nc(C)c2Cc2ccccc2F)CC1. The number of piperazine rings is 1. The maximum Gasteiger partial charge on any atom is 0.248 e. The zero-order valence-electron chi connectivity index (χ0n) is 17.0. The summed E-state index contributed by atoms with van der Waals surface area (Å²) in [5.74, 6) is 2.03. The first-order chi connectivity index (χ1) is 14.1. The molecule has 6 nitrogen and oxygen atoms in total. The second-order valence-corrected chi connectivity index (χ2v) is 7.81. The third kappa shape index (κ3) is 4.40. The van der Waals surface area contributed by atoms with Crippen molar-refractivity contribution < 1.29 is 13.9 Å². The maximum atomic E-state index is 14.3. The van der Waals surface area contributed by atoms with Gasteiger partial charge in [-0.3, -0.25) is 4.79 Å². The van der Waals surface area contributed by atoms with Crippen LogP contribution in [-0.4, -0.2) is 60.7 Å². The molecule has 1 aromatic carbocycles. The van der Waals surface area contributed by atoms with Crippen LogP contribution in [0, 0.1) is 12.7 Å². The molecule has 154 valence electrons. The molecule has 29 heavy (non-hydrogen) atoms. The average molecular weight is 398 g/mol. The fraction of sp³-hybridized carbons (Fsp3) is 0.500. The van der Waals surface area contributed by atoms with E-state index < -0.39 is 0 Å². The normalized spacial score (nSPS) is 16.9. The third-order valence-corrected chi connectivity index (χ3v) is 5.68. The van der Waals surface area contributed by atoms with Crippen LogP contribution in [0.4, 0.5) is 10.2 Å². The zero-order valence-corrected chi connectivity index (χ0v) is 17.0. The van der Waals surface area contributed by atoms with Gasteiger partial charge in [-0.15, -0.1) is 0 Å². The molecule has 0 atom stereocenters. The molecule has 0 unspecified atom stereocenters. The van der Waals surface area contributed by atoms with Gasteiger partial charge in [0, 0.05) is 56.9 Å². The lowest BCUT2D eigenvalue weighted by atomic mass is 10.0. The number of anilines is 1. The summed E-state index contributed by atoms with van der Waals surface area (Å²) in [6.07, 6.45) is 2.72. The summed E-state index contributed by atoms with van der Waals surface area (Å²) < 4.78 is 19.3. The lowest BCUT2D eigenvalue weighted by Gasteiger charge is -2.36. The maximum absolute atomic E-state index is 14.3. The number of carbonyl (C=O) groups excluding carboxylic acids is 1. The van der Waals surface area contributed by atoms with Crippen molar-refractivity contribution in [3.8, 4) is 0 Å². The molecule has 7 heteroatoms. The van der Waals surface area contributed by atoms with Gasteiger partial charge in [-0.1, -0.05) is 18.2 Å². The highest BCUT2D eigenvalue weighted by atomic mass is 19.1. The first kappa shape index (κ1) is 19.8. The van der Waals surface area contributed by atoms with E-state index in [-0.39, 0.29) is 18.3 Å².